The van der Waals surface area contributed by atoms with Crippen molar-refractivity contribution in [2.45, 2.75) is 38.6 Å². The van der Waals surface area contributed by atoms with Crippen LogP contribution in [0.1, 0.15) is 30.9 Å². The fourth-order valence-electron chi connectivity index (χ4n) is 3.72. The number of rotatable bonds is 7. The van der Waals surface area contributed by atoms with E-state index in [1.165, 1.54) is 11.1 Å². The van der Waals surface area contributed by atoms with Crippen molar-refractivity contribution < 1.29 is 9.53 Å². The standard InChI is InChI=1S/C21H33N5O2/c1-3-23-21(25-18-7-11-26(12-8-18)15-20(27)22-2)24-10-6-16-4-5-19-17(14-16)9-13-28-19/h4-5,14,18H,3,6-13,15H2,1-2H3,(H,22,27)(H2,23,24,25). The third-order valence-corrected chi connectivity index (χ3v) is 5.34. The highest BCUT2D eigenvalue weighted by Crippen LogP contribution is 2.25. The molecule has 0 aliphatic carbocycles. The average Bonchev–Trinajstić information content (AvgIpc) is 3.17. The highest BCUT2D eigenvalue weighted by atomic mass is 16.5. The summed E-state index contributed by atoms with van der Waals surface area (Å²) in [6.45, 7) is 6.84. The van der Waals surface area contributed by atoms with Crippen LogP contribution in [0.15, 0.2) is 23.2 Å². The minimum absolute atomic E-state index is 0.0828. The molecule has 0 saturated carbocycles. The minimum Gasteiger partial charge on any atom is -0.493 e. The highest BCUT2D eigenvalue weighted by molar-refractivity contribution is 5.80. The summed E-state index contributed by atoms with van der Waals surface area (Å²) >= 11 is 0. The molecule has 3 N–H and O–H groups in total. The first kappa shape index (κ1) is 20.5. The van der Waals surface area contributed by atoms with E-state index >= 15 is 0 Å². The Labute approximate surface area is 167 Å². The number of hydrogen-bond donors (Lipinski definition) is 3. The van der Waals surface area contributed by atoms with Crippen LogP contribution < -0.4 is 20.7 Å². The van der Waals surface area contributed by atoms with Crippen LogP contribution in [0, 0.1) is 0 Å². The van der Waals surface area contributed by atoms with Crippen molar-refractivity contribution in [2.75, 3.05) is 46.4 Å². The molecule has 7 nitrogen and oxygen atoms in total. The Morgan fingerprint density at radius 2 is 2.14 bits per heavy atom. The van der Waals surface area contributed by atoms with E-state index in [0.29, 0.717) is 12.6 Å². The number of carbonyl (C=O) groups is 1. The van der Waals surface area contributed by atoms with E-state index in [1.54, 1.807) is 7.05 Å². The molecule has 1 amide bonds. The third-order valence-electron chi connectivity index (χ3n) is 5.34. The number of nitrogens with zero attached hydrogens (tertiary/aromatic N) is 2. The molecule has 2 heterocycles. The van der Waals surface area contributed by atoms with Gasteiger partial charge in [-0.05, 0) is 43.4 Å². The minimum atomic E-state index is 0.0828. The number of nitrogens with one attached hydrogen (secondary N) is 3. The Balaban J connectivity index is 1.46. The second kappa shape index (κ2) is 10.3. The van der Waals surface area contributed by atoms with Crippen molar-refractivity contribution in [1.29, 1.82) is 0 Å². The van der Waals surface area contributed by atoms with Crippen LogP contribution in [0.3, 0.4) is 0 Å². The normalized spacial score (nSPS) is 17.7. The van der Waals surface area contributed by atoms with Gasteiger partial charge in [0, 0.05) is 45.7 Å². The van der Waals surface area contributed by atoms with Gasteiger partial charge < -0.3 is 20.7 Å². The van der Waals surface area contributed by atoms with Gasteiger partial charge in [0.05, 0.1) is 13.2 Å². The van der Waals surface area contributed by atoms with Crippen LogP contribution in [-0.4, -0.2) is 69.2 Å². The third kappa shape index (κ3) is 5.86. The lowest BCUT2D eigenvalue weighted by Gasteiger charge is -2.32. The maximum absolute atomic E-state index is 11.5. The summed E-state index contributed by atoms with van der Waals surface area (Å²) in [7, 11) is 1.69. The molecule has 1 aromatic rings. The molecule has 0 radical (unpaired) electrons. The maximum atomic E-state index is 11.5. The van der Waals surface area contributed by atoms with Gasteiger partial charge in [-0.3, -0.25) is 14.7 Å². The summed E-state index contributed by atoms with van der Waals surface area (Å²) in [6, 6.07) is 6.87. The summed E-state index contributed by atoms with van der Waals surface area (Å²) in [5, 5.41) is 9.61. The number of amides is 1. The zero-order valence-corrected chi connectivity index (χ0v) is 17.1. The van der Waals surface area contributed by atoms with Crippen molar-refractivity contribution in [2.24, 2.45) is 4.99 Å². The predicted octanol–water partition coefficient (Wildman–Crippen LogP) is 0.930. The van der Waals surface area contributed by atoms with Gasteiger partial charge in [-0.15, -0.1) is 0 Å². The predicted molar refractivity (Wildman–Crippen MR) is 112 cm³/mol. The number of hydrogen-bond acceptors (Lipinski definition) is 4. The van der Waals surface area contributed by atoms with Gasteiger partial charge in [0.15, 0.2) is 5.96 Å². The number of guanidine groups is 1. The van der Waals surface area contributed by atoms with Gasteiger partial charge in [-0.2, -0.15) is 0 Å². The summed E-state index contributed by atoms with van der Waals surface area (Å²) < 4.78 is 5.57. The van der Waals surface area contributed by atoms with E-state index in [-0.39, 0.29) is 5.91 Å². The van der Waals surface area contributed by atoms with Crippen LogP contribution >= 0.6 is 0 Å². The molecule has 154 valence electrons. The molecule has 0 unspecified atom stereocenters. The van der Waals surface area contributed by atoms with Crippen LogP contribution in [0.5, 0.6) is 5.75 Å². The van der Waals surface area contributed by atoms with E-state index in [2.05, 4.69) is 46.0 Å². The van der Waals surface area contributed by atoms with Crippen molar-refractivity contribution in [1.82, 2.24) is 20.9 Å². The zero-order chi connectivity index (χ0) is 19.8. The monoisotopic (exact) mass is 387 g/mol. The number of ether oxygens (including phenoxy) is 1. The quantitative estimate of drug-likeness (QED) is 0.479. The Bertz CT molecular complexity index is 683. The van der Waals surface area contributed by atoms with Crippen molar-refractivity contribution in [3.63, 3.8) is 0 Å². The molecule has 2 aliphatic heterocycles. The highest BCUT2D eigenvalue weighted by Gasteiger charge is 2.21. The summed E-state index contributed by atoms with van der Waals surface area (Å²) in [6.07, 6.45) is 3.97. The van der Waals surface area contributed by atoms with Crippen LogP contribution in [-0.2, 0) is 17.6 Å². The molecular weight excluding hydrogens is 354 g/mol. The van der Waals surface area contributed by atoms with Gasteiger partial charge in [0.2, 0.25) is 5.91 Å². The number of piperidine rings is 1. The van der Waals surface area contributed by atoms with Gasteiger partial charge in [-0.25, -0.2) is 0 Å². The van der Waals surface area contributed by atoms with Gasteiger partial charge in [0.1, 0.15) is 5.75 Å². The number of fused-ring (bicyclic) bond motifs is 1. The largest absolute Gasteiger partial charge is 0.493 e. The summed E-state index contributed by atoms with van der Waals surface area (Å²) in [4.78, 5) is 18.5. The molecule has 2 aliphatic rings. The van der Waals surface area contributed by atoms with E-state index in [0.717, 1.165) is 70.2 Å². The van der Waals surface area contributed by atoms with Gasteiger partial charge in [-0.1, -0.05) is 12.1 Å². The molecule has 1 aromatic carbocycles. The SMILES string of the molecule is CCNC(=NCCc1ccc2c(c1)CCO2)NC1CCN(CC(=O)NC)CC1. The zero-order valence-electron chi connectivity index (χ0n) is 17.1. The maximum Gasteiger partial charge on any atom is 0.233 e. The number of likely N-dealkylation sites (tertiary alicyclic amines) is 1. The Hall–Kier alpha value is -2.28. The summed E-state index contributed by atoms with van der Waals surface area (Å²) in [5.41, 5.74) is 2.63. The lowest BCUT2D eigenvalue weighted by atomic mass is 10.1. The van der Waals surface area contributed by atoms with E-state index in [1.807, 2.05) is 0 Å². The Morgan fingerprint density at radius 3 is 2.89 bits per heavy atom. The first-order valence-corrected chi connectivity index (χ1v) is 10.4. The van der Waals surface area contributed by atoms with E-state index < -0.39 is 0 Å². The number of benzene rings is 1. The van der Waals surface area contributed by atoms with Gasteiger partial charge in [0.25, 0.3) is 0 Å². The molecule has 1 fully saturated rings. The molecule has 1 saturated heterocycles. The van der Waals surface area contributed by atoms with Crippen LogP contribution in [0.2, 0.25) is 0 Å². The van der Waals surface area contributed by atoms with Crippen LogP contribution in [0.25, 0.3) is 0 Å². The number of likely N-dealkylation sites (N-methyl/N-ethyl adjacent to an activating group) is 1. The van der Waals surface area contributed by atoms with Gasteiger partial charge >= 0.3 is 0 Å². The molecule has 0 bridgehead atoms. The molecule has 7 heteroatoms. The lowest BCUT2D eigenvalue weighted by molar-refractivity contribution is -0.122. The first-order valence-electron chi connectivity index (χ1n) is 10.4. The average molecular weight is 388 g/mol. The molecule has 0 spiro atoms. The molecule has 28 heavy (non-hydrogen) atoms. The van der Waals surface area contributed by atoms with Crippen molar-refractivity contribution in [3.8, 4) is 5.75 Å². The lowest BCUT2D eigenvalue weighted by Crippen LogP contribution is -2.50. The molecule has 3 rings (SSSR count). The smallest absolute Gasteiger partial charge is 0.233 e. The fraction of sp³-hybridized carbons (Fsp3) is 0.619. The molecule has 0 atom stereocenters. The van der Waals surface area contributed by atoms with Crippen LogP contribution in [0.4, 0.5) is 0 Å². The number of carbonyl (C=O) groups excluding carboxylic acids is 1. The fourth-order valence-corrected chi connectivity index (χ4v) is 3.72. The van der Waals surface area contributed by atoms with E-state index in [9.17, 15) is 4.79 Å². The Kier molecular flexibility index (Phi) is 7.54. The van der Waals surface area contributed by atoms with E-state index in [4.69, 9.17) is 9.73 Å². The molecular formula is C21H33N5O2. The Morgan fingerprint density at radius 1 is 1.32 bits per heavy atom. The topological polar surface area (TPSA) is 78.0 Å². The van der Waals surface area contributed by atoms with Crippen molar-refractivity contribution >= 4 is 11.9 Å². The van der Waals surface area contributed by atoms with Crippen molar-refractivity contribution in [3.05, 3.63) is 29.3 Å². The summed E-state index contributed by atoms with van der Waals surface area (Å²) in [5.74, 6) is 2.00. The number of aliphatic imine (C=N–C) groups is 1. The first-order chi connectivity index (χ1) is 13.7. The second-order valence-electron chi connectivity index (χ2n) is 7.42. The second-order valence-corrected chi connectivity index (χ2v) is 7.42. The molecule has 0 aromatic heterocycles.